The first kappa shape index (κ1) is 10.5. The SMILES string of the molecule is CCc1nn(C)cc1Nc1ccccc1N. The molecule has 4 heteroatoms. The Morgan fingerprint density at radius 1 is 1.31 bits per heavy atom. The number of nitrogens with one attached hydrogen (secondary N) is 1. The molecule has 2 rings (SSSR count). The highest BCUT2D eigenvalue weighted by Crippen LogP contribution is 2.24. The molecule has 0 saturated carbocycles. The molecule has 0 fully saturated rings. The molecule has 0 amide bonds. The average molecular weight is 216 g/mol. The minimum atomic E-state index is 0.744. The van der Waals surface area contributed by atoms with Gasteiger partial charge >= 0.3 is 0 Å². The first-order chi connectivity index (χ1) is 7.70. The fourth-order valence-corrected chi connectivity index (χ4v) is 1.66. The molecule has 0 aliphatic carbocycles. The maximum atomic E-state index is 5.88. The Bertz CT molecular complexity index is 488. The maximum Gasteiger partial charge on any atom is 0.0856 e. The van der Waals surface area contributed by atoms with Crippen LogP contribution in [0.5, 0.6) is 0 Å². The normalized spacial score (nSPS) is 10.4. The van der Waals surface area contributed by atoms with E-state index in [1.807, 2.05) is 37.5 Å². The molecule has 0 bridgehead atoms. The average Bonchev–Trinajstić information content (AvgIpc) is 2.62. The highest BCUT2D eigenvalue weighted by Gasteiger charge is 2.06. The summed E-state index contributed by atoms with van der Waals surface area (Å²) in [6.07, 6.45) is 2.86. The lowest BCUT2D eigenvalue weighted by molar-refractivity contribution is 0.746. The predicted molar refractivity (Wildman–Crippen MR) is 66.7 cm³/mol. The zero-order valence-corrected chi connectivity index (χ0v) is 9.57. The van der Waals surface area contributed by atoms with E-state index < -0.39 is 0 Å². The number of benzene rings is 1. The minimum Gasteiger partial charge on any atom is -0.397 e. The lowest BCUT2D eigenvalue weighted by atomic mass is 10.2. The van der Waals surface area contributed by atoms with Crippen LogP contribution < -0.4 is 11.1 Å². The standard InChI is InChI=1S/C12H16N4/c1-3-10-12(8-16(2)15-10)14-11-7-5-4-6-9(11)13/h4-8,14H,3,13H2,1-2H3. The van der Waals surface area contributed by atoms with Crippen LogP contribution in [-0.4, -0.2) is 9.78 Å². The van der Waals surface area contributed by atoms with E-state index in [-0.39, 0.29) is 0 Å². The van der Waals surface area contributed by atoms with Crippen molar-refractivity contribution in [1.82, 2.24) is 9.78 Å². The van der Waals surface area contributed by atoms with Gasteiger partial charge in [0, 0.05) is 13.2 Å². The van der Waals surface area contributed by atoms with Crippen LogP contribution in [0.15, 0.2) is 30.5 Å². The van der Waals surface area contributed by atoms with E-state index in [9.17, 15) is 0 Å². The van der Waals surface area contributed by atoms with E-state index in [4.69, 9.17) is 5.73 Å². The summed E-state index contributed by atoms with van der Waals surface area (Å²) in [7, 11) is 1.92. The van der Waals surface area contributed by atoms with Crippen molar-refractivity contribution in [1.29, 1.82) is 0 Å². The van der Waals surface area contributed by atoms with Crippen LogP contribution in [0.3, 0.4) is 0 Å². The molecule has 0 radical (unpaired) electrons. The van der Waals surface area contributed by atoms with Gasteiger partial charge < -0.3 is 11.1 Å². The molecule has 4 nitrogen and oxygen atoms in total. The molecule has 0 aliphatic heterocycles. The third-order valence-corrected chi connectivity index (χ3v) is 2.47. The highest BCUT2D eigenvalue weighted by atomic mass is 15.3. The fraction of sp³-hybridized carbons (Fsp3) is 0.250. The van der Waals surface area contributed by atoms with Crippen molar-refractivity contribution < 1.29 is 0 Å². The van der Waals surface area contributed by atoms with Gasteiger partial charge in [0.1, 0.15) is 0 Å². The van der Waals surface area contributed by atoms with Crippen LogP contribution in [0, 0.1) is 0 Å². The number of hydrogen-bond donors (Lipinski definition) is 2. The van der Waals surface area contributed by atoms with Crippen LogP contribution >= 0.6 is 0 Å². The number of nitrogen functional groups attached to an aromatic ring is 1. The lowest BCUT2D eigenvalue weighted by Crippen LogP contribution is -1.97. The molecule has 0 spiro atoms. The molecule has 1 aromatic carbocycles. The summed E-state index contributed by atoms with van der Waals surface area (Å²) in [6.45, 7) is 2.09. The second-order valence-corrected chi connectivity index (χ2v) is 3.73. The number of nitrogens with two attached hydrogens (primary N) is 1. The first-order valence-electron chi connectivity index (χ1n) is 5.34. The molecular weight excluding hydrogens is 200 g/mol. The fourth-order valence-electron chi connectivity index (χ4n) is 1.66. The predicted octanol–water partition coefficient (Wildman–Crippen LogP) is 2.31. The molecular formula is C12H16N4. The van der Waals surface area contributed by atoms with Crippen molar-refractivity contribution in [3.63, 3.8) is 0 Å². The van der Waals surface area contributed by atoms with E-state index in [0.717, 1.165) is 29.2 Å². The van der Waals surface area contributed by atoms with Gasteiger partial charge in [-0.3, -0.25) is 4.68 Å². The Kier molecular flexibility index (Phi) is 2.81. The van der Waals surface area contributed by atoms with Gasteiger partial charge in [0.25, 0.3) is 0 Å². The molecule has 0 saturated heterocycles. The number of rotatable bonds is 3. The Hall–Kier alpha value is -1.97. The van der Waals surface area contributed by atoms with E-state index in [0.29, 0.717) is 0 Å². The van der Waals surface area contributed by atoms with Gasteiger partial charge in [-0.25, -0.2) is 0 Å². The Morgan fingerprint density at radius 2 is 2.06 bits per heavy atom. The summed E-state index contributed by atoms with van der Waals surface area (Å²) >= 11 is 0. The zero-order valence-electron chi connectivity index (χ0n) is 9.57. The van der Waals surface area contributed by atoms with Gasteiger partial charge in [-0.05, 0) is 18.6 Å². The van der Waals surface area contributed by atoms with Crippen molar-refractivity contribution in [3.05, 3.63) is 36.2 Å². The minimum absolute atomic E-state index is 0.744. The largest absolute Gasteiger partial charge is 0.397 e. The summed E-state index contributed by atoms with van der Waals surface area (Å²) < 4.78 is 1.81. The van der Waals surface area contributed by atoms with Crippen LogP contribution in [0.25, 0.3) is 0 Å². The molecule has 0 atom stereocenters. The van der Waals surface area contributed by atoms with Crippen molar-refractivity contribution in [2.45, 2.75) is 13.3 Å². The molecule has 1 aromatic heterocycles. The summed E-state index contributed by atoms with van der Waals surface area (Å²) in [5.74, 6) is 0. The number of aryl methyl sites for hydroxylation is 2. The van der Waals surface area contributed by atoms with Gasteiger partial charge in [-0.2, -0.15) is 5.10 Å². The molecule has 84 valence electrons. The van der Waals surface area contributed by atoms with Crippen molar-refractivity contribution in [2.24, 2.45) is 7.05 Å². The molecule has 0 unspecified atom stereocenters. The van der Waals surface area contributed by atoms with Crippen LogP contribution in [0.2, 0.25) is 0 Å². The number of hydrogen-bond acceptors (Lipinski definition) is 3. The second kappa shape index (κ2) is 4.26. The van der Waals surface area contributed by atoms with Gasteiger partial charge in [0.2, 0.25) is 0 Å². The quantitative estimate of drug-likeness (QED) is 0.774. The van der Waals surface area contributed by atoms with Gasteiger partial charge in [0.05, 0.1) is 22.8 Å². The van der Waals surface area contributed by atoms with E-state index >= 15 is 0 Å². The molecule has 2 aromatic rings. The molecule has 3 N–H and O–H groups in total. The third kappa shape index (κ3) is 2.00. The van der Waals surface area contributed by atoms with E-state index in [1.54, 1.807) is 4.68 Å². The lowest BCUT2D eigenvalue weighted by Gasteiger charge is -2.07. The topological polar surface area (TPSA) is 55.9 Å². The van der Waals surface area contributed by atoms with Gasteiger partial charge in [-0.1, -0.05) is 19.1 Å². The van der Waals surface area contributed by atoms with Crippen LogP contribution in [0.4, 0.5) is 17.1 Å². The van der Waals surface area contributed by atoms with Crippen molar-refractivity contribution in [3.8, 4) is 0 Å². The number of aromatic nitrogens is 2. The van der Waals surface area contributed by atoms with Crippen molar-refractivity contribution >= 4 is 17.1 Å². The molecule has 0 aliphatic rings. The monoisotopic (exact) mass is 216 g/mol. The van der Waals surface area contributed by atoms with E-state index in [2.05, 4.69) is 17.3 Å². The van der Waals surface area contributed by atoms with Crippen molar-refractivity contribution in [2.75, 3.05) is 11.1 Å². The summed E-state index contributed by atoms with van der Waals surface area (Å²) in [5, 5.41) is 7.67. The number of anilines is 3. The molecule has 16 heavy (non-hydrogen) atoms. The van der Waals surface area contributed by atoms with E-state index in [1.165, 1.54) is 0 Å². The van der Waals surface area contributed by atoms with Crippen LogP contribution in [-0.2, 0) is 13.5 Å². The Balaban J connectivity index is 2.30. The van der Waals surface area contributed by atoms with Crippen LogP contribution in [0.1, 0.15) is 12.6 Å². The zero-order chi connectivity index (χ0) is 11.5. The summed E-state index contributed by atoms with van der Waals surface area (Å²) in [6, 6.07) is 7.72. The number of para-hydroxylation sites is 2. The highest BCUT2D eigenvalue weighted by molar-refractivity contribution is 5.72. The van der Waals surface area contributed by atoms with Gasteiger partial charge in [0.15, 0.2) is 0 Å². The Morgan fingerprint density at radius 3 is 2.75 bits per heavy atom. The first-order valence-corrected chi connectivity index (χ1v) is 5.34. The Labute approximate surface area is 95.1 Å². The third-order valence-electron chi connectivity index (χ3n) is 2.47. The molecule has 1 heterocycles. The smallest absolute Gasteiger partial charge is 0.0856 e. The summed E-state index contributed by atoms with van der Waals surface area (Å²) in [4.78, 5) is 0. The summed E-state index contributed by atoms with van der Waals surface area (Å²) in [5.41, 5.74) is 9.61. The van der Waals surface area contributed by atoms with Gasteiger partial charge in [-0.15, -0.1) is 0 Å². The number of nitrogens with zero attached hydrogens (tertiary/aromatic N) is 2. The second-order valence-electron chi connectivity index (χ2n) is 3.73. The maximum absolute atomic E-state index is 5.88.